The third-order valence-corrected chi connectivity index (χ3v) is 5.31. The molecule has 3 rings (SSSR count). The molecular formula is C19H29N. The third kappa shape index (κ3) is 3.44. The first-order valence-corrected chi connectivity index (χ1v) is 8.59. The van der Waals surface area contributed by atoms with Crippen molar-refractivity contribution in [1.29, 1.82) is 0 Å². The molecule has 1 aromatic rings. The average molecular weight is 271 g/mol. The molecule has 0 aromatic heterocycles. The van der Waals surface area contributed by atoms with Gasteiger partial charge in [-0.05, 0) is 50.0 Å². The van der Waals surface area contributed by atoms with E-state index < -0.39 is 0 Å². The lowest BCUT2D eigenvalue weighted by atomic mass is 9.83. The molecule has 1 N–H and O–H groups in total. The second-order valence-corrected chi connectivity index (χ2v) is 7.03. The van der Waals surface area contributed by atoms with Gasteiger partial charge in [-0.1, -0.05) is 56.0 Å². The van der Waals surface area contributed by atoms with Gasteiger partial charge in [0.05, 0.1) is 0 Å². The summed E-state index contributed by atoms with van der Waals surface area (Å²) in [7, 11) is 0. The summed E-state index contributed by atoms with van der Waals surface area (Å²) in [6, 6.07) is 10.6. The lowest BCUT2D eigenvalue weighted by molar-refractivity contribution is 0.255. The first kappa shape index (κ1) is 14.1. The quantitative estimate of drug-likeness (QED) is 0.794. The van der Waals surface area contributed by atoms with Crippen LogP contribution in [0.15, 0.2) is 24.3 Å². The second-order valence-electron chi connectivity index (χ2n) is 7.03. The van der Waals surface area contributed by atoms with Crippen molar-refractivity contribution in [3.63, 3.8) is 0 Å². The van der Waals surface area contributed by atoms with E-state index >= 15 is 0 Å². The molecule has 20 heavy (non-hydrogen) atoms. The minimum Gasteiger partial charge on any atom is -0.307 e. The molecular weight excluding hydrogens is 242 g/mol. The minimum absolute atomic E-state index is 0.608. The standard InChI is InChI=1S/C19H29N/c1-3-15-5-4-6-18(13-15)20-19(17-11-12-17)16-9-7-14(2)8-10-16/h7-10,15,17-20H,3-6,11-13H2,1-2H3. The Morgan fingerprint density at radius 3 is 2.50 bits per heavy atom. The Hall–Kier alpha value is -0.820. The summed E-state index contributed by atoms with van der Waals surface area (Å²) in [5.74, 6) is 1.85. The molecule has 1 heteroatoms. The predicted molar refractivity (Wildman–Crippen MR) is 85.8 cm³/mol. The van der Waals surface area contributed by atoms with Gasteiger partial charge in [0.2, 0.25) is 0 Å². The van der Waals surface area contributed by atoms with Crippen molar-refractivity contribution in [3.05, 3.63) is 35.4 Å². The summed E-state index contributed by atoms with van der Waals surface area (Å²) in [4.78, 5) is 0. The SMILES string of the molecule is CCC1CCCC(NC(c2ccc(C)cc2)C2CC2)C1. The van der Waals surface area contributed by atoms with E-state index in [0.29, 0.717) is 6.04 Å². The zero-order valence-corrected chi connectivity index (χ0v) is 13.1. The van der Waals surface area contributed by atoms with Crippen molar-refractivity contribution in [3.8, 4) is 0 Å². The molecule has 2 fully saturated rings. The van der Waals surface area contributed by atoms with Crippen LogP contribution in [-0.4, -0.2) is 6.04 Å². The molecule has 3 unspecified atom stereocenters. The highest BCUT2D eigenvalue weighted by atomic mass is 15.0. The van der Waals surface area contributed by atoms with Crippen molar-refractivity contribution in [2.45, 2.75) is 70.9 Å². The Bertz CT molecular complexity index is 418. The van der Waals surface area contributed by atoms with Crippen LogP contribution >= 0.6 is 0 Å². The van der Waals surface area contributed by atoms with E-state index in [9.17, 15) is 0 Å². The second kappa shape index (κ2) is 6.30. The van der Waals surface area contributed by atoms with Crippen LogP contribution < -0.4 is 5.32 Å². The Labute approximate surface area is 124 Å². The van der Waals surface area contributed by atoms with Crippen LogP contribution in [0.4, 0.5) is 0 Å². The highest BCUT2D eigenvalue weighted by Crippen LogP contribution is 2.42. The van der Waals surface area contributed by atoms with Gasteiger partial charge in [0.25, 0.3) is 0 Å². The zero-order chi connectivity index (χ0) is 13.9. The van der Waals surface area contributed by atoms with Gasteiger partial charge in [0.15, 0.2) is 0 Å². The molecule has 0 spiro atoms. The average Bonchev–Trinajstić information content (AvgIpc) is 3.31. The number of hydrogen-bond acceptors (Lipinski definition) is 1. The normalized spacial score (nSPS) is 28.3. The molecule has 3 atom stereocenters. The highest BCUT2D eigenvalue weighted by molar-refractivity contribution is 5.25. The maximum absolute atomic E-state index is 4.02. The Balaban J connectivity index is 1.67. The fourth-order valence-electron chi connectivity index (χ4n) is 3.77. The fourth-order valence-corrected chi connectivity index (χ4v) is 3.77. The minimum atomic E-state index is 0.608. The molecule has 0 aliphatic heterocycles. The topological polar surface area (TPSA) is 12.0 Å². The fraction of sp³-hybridized carbons (Fsp3) is 0.684. The van der Waals surface area contributed by atoms with Crippen molar-refractivity contribution < 1.29 is 0 Å². The van der Waals surface area contributed by atoms with Gasteiger partial charge in [-0.3, -0.25) is 0 Å². The molecule has 2 aliphatic rings. The van der Waals surface area contributed by atoms with Gasteiger partial charge in [-0.15, -0.1) is 0 Å². The van der Waals surface area contributed by atoms with E-state index in [1.54, 1.807) is 0 Å². The summed E-state index contributed by atoms with van der Waals surface area (Å²) in [5.41, 5.74) is 2.88. The largest absolute Gasteiger partial charge is 0.307 e. The van der Waals surface area contributed by atoms with E-state index in [2.05, 4.69) is 43.4 Å². The van der Waals surface area contributed by atoms with Crippen LogP contribution in [0.1, 0.15) is 69.0 Å². The van der Waals surface area contributed by atoms with Gasteiger partial charge in [0.1, 0.15) is 0 Å². The molecule has 0 bridgehead atoms. The summed E-state index contributed by atoms with van der Waals surface area (Å²) in [6.45, 7) is 4.53. The van der Waals surface area contributed by atoms with Gasteiger partial charge >= 0.3 is 0 Å². The first-order chi connectivity index (χ1) is 9.76. The monoisotopic (exact) mass is 271 g/mol. The van der Waals surface area contributed by atoms with Gasteiger partial charge in [-0.25, -0.2) is 0 Å². The van der Waals surface area contributed by atoms with Gasteiger partial charge in [0, 0.05) is 12.1 Å². The maximum atomic E-state index is 4.02. The Kier molecular flexibility index (Phi) is 4.45. The molecule has 1 nitrogen and oxygen atoms in total. The van der Waals surface area contributed by atoms with Crippen molar-refractivity contribution in [2.24, 2.45) is 11.8 Å². The van der Waals surface area contributed by atoms with Crippen LogP contribution in [0.3, 0.4) is 0 Å². The van der Waals surface area contributed by atoms with E-state index in [4.69, 9.17) is 0 Å². The third-order valence-electron chi connectivity index (χ3n) is 5.31. The van der Waals surface area contributed by atoms with Crippen molar-refractivity contribution >= 4 is 0 Å². The number of benzene rings is 1. The smallest absolute Gasteiger partial charge is 0.0351 e. The van der Waals surface area contributed by atoms with Crippen LogP contribution in [0, 0.1) is 18.8 Å². The van der Waals surface area contributed by atoms with Gasteiger partial charge < -0.3 is 5.32 Å². The predicted octanol–water partition coefficient (Wildman–Crippen LogP) is 5.00. The number of aryl methyl sites for hydroxylation is 1. The molecule has 0 heterocycles. The van der Waals surface area contributed by atoms with Crippen LogP contribution in [0.2, 0.25) is 0 Å². The van der Waals surface area contributed by atoms with E-state index in [1.807, 2.05) is 0 Å². The Morgan fingerprint density at radius 2 is 1.85 bits per heavy atom. The highest BCUT2D eigenvalue weighted by Gasteiger charge is 2.34. The molecule has 2 aliphatic carbocycles. The van der Waals surface area contributed by atoms with Crippen LogP contribution in [-0.2, 0) is 0 Å². The summed E-state index contributed by atoms with van der Waals surface area (Å²) >= 11 is 0. The Morgan fingerprint density at radius 1 is 1.10 bits per heavy atom. The van der Waals surface area contributed by atoms with Crippen molar-refractivity contribution in [2.75, 3.05) is 0 Å². The lowest BCUT2D eigenvalue weighted by Gasteiger charge is -2.33. The molecule has 0 radical (unpaired) electrons. The summed E-state index contributed by atoms with van der Waals surface area (Å²) in [5, 5.41) is 4.02. The summed E-state index contributed by atoms with van der Waals surface area (Å²) < 4.78 is 0. The molecule has 0 saturated heterocycles. The summed E-state index contributed by atoms with van der Waals surface area (Å²) in [6.07, 6.45) is 9.83. The van der Waals surface area contributed by atoms with Crippen LogP contribution in [0.25, 0.3) is 0 Å². The molecule has 1 aromatic carbocycles. The van der Waals surface area contributed by atoms with E-state index in [-0.39, 0.29) is 0 Å². The van der Waals surface area contributed by atoms with Crippen LogP contribution in [0.5, 0.6) is 0 Å². The first-order valence-electron chi connectivity index (χ1n) is 8.59. The van der Waals surface area contributed by atoms with E-state index in [0.717, 1.165) is 17.9 Å². The maximum Gasteiger partial charge on any atom is 0.0351 e. The molecule has 2 saturated carbocycles. The molecule has 110 valence electrons. The molecule has 0 amide bonds. The van der Waals surface area contributed by atoms with E-state index in [1.165, 1.54) is 56.1 Å². The van der Waals surface area contributed by atoms with Gasteiger partial charge in [-0.2, -0.15) is 0 Å². The van der Waals surface area contributed by atoms with Crippen molar-refractivity contribution in [1.82, 2.24) is 5.32 Å². The lowest BCUT2D eigenvalue weighted by Crippen LogP contribution is -2.37. The number of nitrogens with one attached hydrogen (secondary N) is 1. The number of rotatable bonds is 5. The zero-order valence-electron chi connectivity index (χ0n) is 13.1. The number of hydrogen-bond donors (Lipinski definition) is 1.